The van der Waals surface area contributed by atoms with E-state index in [0.717, 1.165) is 50.6 Å². The molecule has 0 fully saturated rings. The van der Waals surface area contributed by atoms with Gasteiger partial charge in [-0.25, -0.2) is 0 Å². The molecular weight excluding hydrogens is 282 g/mol. The lowest BCUT2D eigenvalue weighted by atomic mass is 10.2. The summed E-state index contributed by atoms with van der Waals surface area (Å²) in [5.41, 5.74) is 2.40. The van der Waals surface area contributed by atoms with E-state index in [-0.39, 0.29) is 0 Å². The zero-order chi connectivity index (χ0) is 15.7. The van der Waals surface area contributed by atoms with Gasteiger partial charge in [0.05, 0.1) is 0 Å². The van der Waals surface area contributed by atoms with E-state index in [1.165, 1.54) is 11.3 Å². The molecule has 1 aromatic carbocycles. The zero-order valence-corrected chi connectivity index (χ0v) is 14.7. The number of halogens is 1. The first kappa shape index (κ1) is 18.3. The van der Waals surface area contributed by atoms with Gasteiger partial charge in [-0.2, -0.15) is 0 Å². The van der Waals surface area contributed by atoms with Gasteiger partial charge in [0, 0.05) is 30.3 Å². The molecule has 0 aliphatic carbocycles. The van der Waals surface area contributed by atoms with Crippen molar-refractivity contribution in [1.29, 1.82) is 0 Å². The summed E-state index contributed by atoms with van der Waals surface area (Å²) < 4.78 is 0. The Kier molecular flexibility index (Phi) is 8.74. The average molecular weight is 312 g/mol. The molecule has 0 spiro atoms. The second-order valence-corrected chi connectivity index (χ2v) is 6.10. The largest absolute Gasteiger partial charge is 0.372 e. The van der Waals surface area contributed by atoms with Crippen LogP contribution in [0.1, 0.15) is 32.3 Å². The monoisotopic (exact) mass is 311 g/mol. The lowest BCUT2D eigenvalue weighted by Gasteiger charge is -2.24. The Morgan fingerprint density at radius 1 is 1.14 bits per heavy atom. The Labute approximate surface area is 135 Å². The molecule has 0 unspecified atom stereocenters. The van der Waals surface area contributed by atoms with Crippen molar-refractivity contribution in [1.82, 2.24) is 10.2 Å². The molecule has 3 nitrogen and oxygen atoms in total. The molecule has 0 bridgehead atoms. The molecule has 0 saturated carbocycles. The minimum atomic E-state index is 0.847. The average Bonchev–Trinajstić information content (AvgIpc) is 2.45. The summed E-state index contributed by atoms with van der Waals surface area (Å²) in [6.07, 6.45) is 2.31. The van der Waals surface area contributed by atoms with Gasteiger partial charge in [0.15, 0.2) is 0 Å². The van der Waals surface area contributed by atoms with Gasteiger partial charge in [-0.05, 0) is 64.6 Å². The van der Waals surface area contributed by atoms with Crippen LogP contribution in [0.15, 0.2) is 18.2 Å². The fourth-order valence-electron chi connectivity index (χ4n) is 2.32. The van der Waals surface area contributed by atoms with Gasteiger partial charge in [0.25, 0.3) is 0 Å². The summed E-state index contributed by atoms with van der Waals surface area (Å²) in [5, 5.41) is 4.26. The van der Waals surface area contributed by atoms with Crippen LogP contribution in [0.5, 0.6) is 0 Å². The van der Waals surface area contributed by atoms with Crippen LogP contribution in [0.25, 0.3) is 0 Å². The van der Waals surface area contributed by atoms with Crippen LogP contribution in [-0.4, -0.2) is 45.2 Å². The normalized spacial score (nSPS) is 11.1. The van der Waals surface area contributed by atoms with E-state index in [2.05, 4.69) is 61.3 Å². The molecule has 1 rings (SSSR count). The number of benzene rings is 1. The summed E-state index contributed by atoms with van der Waals surface area (Å²) in [4.78, 5) is 4.61. The minimum absolute atomic E-state index is 0.847. The highest BCUT2D eigenvalue weighted by molar-refractivity contribution is 6.31. The van der Waals surface area contributed by atoms with Crippen molar-refractivity contribution in [2.24, 2.45) is 0 Å². The van der Waals surface area contributed by atoms with E-state index in [0.29, 0.717) is 0 Å². The Balaban J connectivity index is 2.62. The highest BCUT2D eigenvalue weighted by Gasteiger charge is 2.07. The summed E-state index contributed by atoms with van der Waals surface area (Å²) in [6, 6.07) is 6.44. The van der Waals surface area contributed by atoms with E-state index < -0.39 is 0 Å². The van der Waals surface area contributed by atoms with Crippen molar-refractivity contribution in [2.75, 3.05) is 45.2 Å². The predicted molar refractivity (Wildman–Crippen MR) is 94.5 cm³/mol. The molecule has 0 saturated heterocycles. The van der Waals surface area contributed by atoms with Crippen molar-refractivity contribution in [3.05, 3.63) is 28.8 Å². The molecule has 21 heavy (non-hydrogen) atoms. The topological polar surface area (TPSA) is 18.5 Å². The van der Waals surface area contributed by atoms with Crippen LogP contribution in [0.4, 0.5) is 5.69 Å². The SMILES string of the molecule is CCCNCc1ccc(N(CC)CCCN(C)C)cc1Cl. The fourth-order valence-corrected chi connectivity index (χ4v) is 2.57. The number of hydrogen-bond donors (Lipinski definition) is 1. The van der Waals surface area contributed by atoms with Gasteiger partial charge in [-0.1, -0.05) is 24.6 Å². The van der Waals surface area contributed by atoms with Crippen LogP contribution in [0.3, 0.4) is 0 Å². The maximum Gasteiger partial charge on any atom is 0.0471 e. The summed E-state index contributed by atoms with van der Waals surface area (Å²) in [6.45, 7) is 9.44. The molecule has 0 atom stereocenters. The van der Waals surface area contributed by atoms with Crippen molar-refractivity contribution in [3.63, 3.8) is 0 Å². The lowest BCUT2D eigenvalue weighted by Crippen LogP contribution is -2.27. The van der Waals surface area contributed by atoms with Crippen molar-refractivity contribution >= 4 is 17.3 Å². The molecule has 120 valence electrons. The quantitative estimate of drug-likeness (QED) is 0.666. The van der Waals surface area contributed by atoms with Crippen molar-refractivity contribution in [2.45, 2.75) is 33.2 Å². The Bertz CT molecular complexity index is 407. The highest BCUT2D eigenvalue weighted by atomic mass is 35.5. The maximum atomic E-state index is 6.42. The molecule has 0 amide bonds. The number of rotatable bonds is 10. The van der Waals surface area contributed by atoms with Gasteiger partial charge in [-0.15, -0.1) is 0 Å². The van der Waals surface area contributed by atoms with Crippen LogP contribution >= 0.6 is 11.6 Å². The lowest BCUT2D eigenvalue weighted by molar-refractivity contribution is 0.400. The number of hydrogen-bond acceptors (Lipinski definition) is 3. The Morgan fingerprint density at radius 2 is 1.90 bits per heavy atom. The molecule has 0 aromatic heterocycles. The van der Waals surface area contributed by atoms with Gasteiger partial charge in [0.1, 0.15) is 0 Å². The second kappa shape index (κ2) is 10.0. The predicted octanol–water partition coefficient (Wildman–Crippen LogP) is 3.62. The Morgan fingerprint density at radius 3 is 2.48 bits per heavy atom. The smallest absolute Gasteiger partial charge is 0.0471 e. The molecule has 1 N–H and O–H groups in total. The second-order valence-electron chi connectivity index (χ2n) is 5.69. The number of anilines is 1. The summed E-state index contributed by atoms with van der Waals surface area (Å²) >= 11 is 6.42. The molecule has 0 aliphatic heterocycles. The summed E-state index contributed by atoms with van der Waals surface area (Å²) in [5.74, 6) is 0. The first-order chi connectivity index (χ1) is 10.1. The number of nitrogens with zero attached hydrogens (tertiary/aromatic N) is 2. The van der Waals surface area contributed by atoms with E-state index in [1.807, 2.05) is 0 Å². The van der Waals surface area contributed by atoms with Gasteiger partial charge in [0.2, 0.25) is 0 Å². The third-order valence-electron chi connectivity index (χ3n) is 3.56. The van der Waals surface area contributed by atoms with E-state index in [9.17, 15) is 0 Å². The minimum Gasteiger partial charge on any atom is -0.372 e. The van der Waals surface area contributed by atoms with Gasteiger partial charge in [-0.3, -0.25) is 0 Å². The molecule has 0 heterocycles. The van der Waals surface area contributed by atoms with Crippen LogP contribution in [-0.2, 0) is 6.54 Å². The third kappa shape index (κ3) is 6.68. The fraction of sp³-hybridized carbons (Fsp3) is 0.647. The first-order valence-electron chi connectivity index (χ1n) is 7.97. The van der Waals surface area contributed by atoms with E-state index >= 15 is 0 Å². The van der Waals surface area contributed by atoms with Crippen molar-refractivity contribution in [3.8, 4) is 0 Å². The zero-order valence-electron chi connectivity index (χ0n) is 14.0. The molecular formula is C17H30ClN3. The first-order valence-corrected chi connectivity index (χ1v) is 8.35. The standard InChI is InChI=1S/C17H30ClN3/c1-5-10-19-14-15-8-9-16(13-17(15)18)21(6-2)12-7-11-20(3)4/h8-9,13,19H,5-7,10-12,14H2,1-4H3. The van der Waals surface area contributed by atoms with Crippen molar-refractivity contribution < 1.29 is 0 Å². The molecule has 4 heteroatoms. The highest BCUT2D eigenvalue weighted by Crippen LogP contribution is 2.24. The molecule has 0 radical (unpaired) electrons. The number of nitrogens with one attached hydrogen (secondary N) is 1. The summed E-state index contributed by atoms with van der Waals surface area (Å²) in [7, 11) is 4.23. The van der Waals surface area contributed by atoms with Crippen LogP contribution in [0, 0.1) is 0 Å². The Hall–Kier alpha value is -0.770. The third-order valence-corrected chi connectivity index (χ3v) is 3.91. The molecule has 0 aliphatic rings. The van der Waals surface area contributed by atoms with E-state index in [1.54, 1.807) is 0 Å². The van der Waals surface area contributed by atoms with Gasteiger partial charge < -0.3 is 15.1 Å². The molecule has 1 aromatic rings. The van der Waals surface area contributed by atoms with Gasteiger partial charge >= 0.3 is 0 Å². The van der Waals surface area contributed by atoms with E-state index in [4.69, 9.17) is 11.6 Å². The maximum absolute atomic E-state index is 6.42. The van der Waals surface area contributed by atoms with Crippen LogP contribution in [0.2, 0.25) is 5.02 Å². The van der Waals surface area contributed by atoms with Crippen LogP contribution < -0.4 is 10.2 Å².